The summed E-state index contributed by atoms with van der Waals surface area (Å²) in [7, 11) is 0. The van der Waals surface area contributed by atoms with Crippen LogP contribution in [0.15, 0.2) is 140 Å². The lowest BCUT2D eigenvalue weighted by molar-refractivity contribution is 1.19. The maximum Gasteiger partial charge on any atom is 0.0547 e. The first kappa shape index (κ1) is 22.1. The van der Waals surface area contributed by atoms with Gasteiger partial charge in [-0.2, -0.15) is 0 Å². The minimum atomic E-state index is 1.18. The van der Waals surface area contributed by atoms with Crippen LogP contribution in [0, 0.1) is 0 Å². The molecule has 0 radical (unpaired) electrons. The van der Waals surface area contributed by atoms with E-state index in [2.05, 4.69) is 149 Å². The van der Waals surface area contributed by atoms with Gasteiger partial charge in [-0.05, 0) is 80.2 Å². The number of nitrogens with one attached hydrogen (secondary N) is 1. The number of benzene rings is 8. The van der Waals surface area contributed by atoms with Gasteiger partial charge in [-0.15, -0.1) is 0 Å². The van der Waals surface area contributed by atoms with Crippen LogP contribution in [0.3, 0.4) is 0 Å². The van der Waals surface area contributed by atoms with E-state index < -0.39 is 0 Å². The zero-order valence-corrected chi connectivity index (χ0v) is 22.7. The van der Waals surface area contributed by atoms with E-state index in [1.54, 1.807) is 0 Å². The van der Waals surface area contributed by atoms with E-state index in [1.807, 2.05) is 0 Å². The highest BCUT2D eigenvalue weighted by Gasteiger charge is 2.18. The summed E-state index contributed by atoms with van der Waals surface area (Å²) in [6, 6.07) is 51.3. The van der Waals surface area contributed by atoms with Crippen LogP contribution in [-0.4, -0.2) is 9.55 Å². The van der Waals surface area contributed by atoms with Gasteiger partial charge in [0.1, 0.15) is 0 Å². The molecule has 194 valence electrons. The first-order chi connectivity index (χ1) is 20.8. The molecule has 0 unspecified atom stereocenters. The minimum Gasteiger partial charge on any atom is -0.354 e. The lowest BCUT2D eigenvalue weighted by Gasteiger charge is -2.14. The molecule has 0 bridgehead atoms. The maximum absolute atomic E-state index is 3.67. The average Bonchev–Trinajstić information content (AvgIpc) is 3.59. The summed E-state index contributed by atoms with van der Waals surface area (Å²) >= 11 is 0. The third-order valence-electron chi connectivity index (χ3n) is 9.25. The number of para-hydroxylation sites is 2. The van der Waals surface area contributed by atoms with Crippen LogP contribution >= 0.6 is 0 Å². The summed E-state index contributed by atoms with van der Waals surface area (Å²) in [5, 5.41) is 15.4. The van der Waals surface area contributed by atoms with Crippen molar-refractivity contribution in [2.75, 3.05) is 0 Å². The monoisotopic (exact) mass is 532 g/mol. The maximum atomic E-state index is 3.67. The van der Waals surface area contributed by atoms with Crippen LogP contribution in [0.25, 0.3) is 92.4 Å². The second-order valence-corrected chi connectivity index (χ2v) is 11.4. The fourth-order valence-corrected chi connectivity index (χ4v) is 7.44. The molecule has 0 fully saturated rings. The van der Waals surface area contributed by atoms with Gasteiger partial charge in [-0.3, -0.25) is 0 Å². The number of fused-ring (bicyclic) bond motifs is 14. The topological polar surface area (TPSA) is 20.7 Å². The standard InChI is InChI=1S/C40H24N2/c1-2-10-25-21-26(18-17-24(25)9-1)42-37-16-8-6-12-28(37)34-22-32-30-19-20-36-40(31-14-5-7-15-35(31)41-36)39(30)29-13-4-3-11-27(29)33(32)23-38(34)42/h1-23,41H. The molecule has 8 aromatic carbocycles. The van der Waals surface area contributed by atoms with Gasteiger partial charge in [-0.25, -0.2) is 0 Å². The number of hydrogen-bond acceptors (Lipinski definition) is 0. The van der Waals surface area contributed by atoms with Crippen molar-refractivity contribution in [1.82, 2.24) is 9.55 Å². The summed E-state index contributed by atoms with van der Waals surface area (Å²) in [6.07, 6.45) is 0. The predicted molar refractivity (Wildman–Crippen MR) is 180 cm³/mol. The number of aromatic amines is 1. The predicted octanol–water partition coefficient (Wildman–Crippen LogP) is 11.0. The molecule has 2 heteroatoms. The van der Waals surface area contributed by atoms with Crippen molar-refractivity contribution in [3.8, 4) is 5.69 Å². The summed E-state index contributed by atoms with van der Waals surface area (Å²) < 4.78 is 2.44. The van der Waals surface area contributed by atoms with E-state index in [0.717, 1.165) is 0 Å². The minimum absolute atomic E-state index is 1.18. The lowest BCUT2D eigenvalue weighted by atomic mass is 9.91. The zero-order valence-electron chi connectivity index (χ0n) is 22.7. The Morgan fingerprint density at radius 1 is 0.357 bits per heavy atom. The van der Waals surface area contributed by atoms with Gasteiger partial charge in [-0.1, -0.05) is 97.1 Å². The molecule has 0 aliphatic rings. The molecular weight excluding hydrogens is 508 g/mol. The first-order valence-corrected chi connectivity index (χ1v) is 14.5. The molecule has 10 aromatic rings. The van der Waals surface area contributed by atoms with Crippen LogP contribution < -0.4 is 0 Å². The molecule has 0 atom stereocenters. The van der Waals surface area contributed by atoms with E-state index in [9.17, 15) is 0 Å². The first-order valence-electron chi connectivity index (χ1n) is 14.5. The van der Waals surface area contributed by atoms with Gasteiger partial charge in [0.15, 0.2) is 0 Å². The highest BCUT2D eigenvalue weighted by atomic mass is 15.0. The molecule has 0 amide bonds. The van der Waals surface area contributed by atoms with E-state index in [-0.39, 0.29) is 0 Å². The van der Waals surface area contributed by atoms with Crippen molar-refractivity contribution >= 4 is 86.7 Å². The van der Waals surface area contributed by atoms with Crippen molar-refractivity contribution in [3.63, 3.8) is 0 Å². The smallest absolute Gasteiger partial charge is 0.0547 e. The molecule has 10 rings (SSSR count). The number of aromatic nitrogens is 2. The van der Waals surface area contributed by atoms with Crippen LogP contribution in [0.5, 0.6) is 0 Å². The molecule has 2 nitrogen and oxygen atoms in total. The number of hydrogen-bond donors (Lipinski definition) is 1. The molecule has 2 heterocycles. The molecule has 42 heavy (non-hydrogen) atoms. The Balaban J connectivity index is 1.42. The molecular formula is C40H24N2. The summed E-state index contributed by atoms with van der Waals surface area (Å²) in [4.78, 5) is 3.67. The van der Waals surface area contributed by atoms with Gasteiger partial charge in [0, 0.05) is 43.7 Å². The summed E-state index contributed by atoms with van der Waals surface area (Å²) in [5.74, 6) is 0. The summed E-state index contributed by atoms with van der Waals surface area (Å²) in [5.41, 5.74) is 6.01. The van der Waals surface area contributed by atoms with Crippen molar-refractivity contribution in [3.05, 3.63) is 140 Å². The van der Waals surface area contributed by atoms with E-state index in [4.69, 9.17) is 0 Å². The quantitative estimate of drug-likeness (QED) is 0.203. The van der Waals surface area contributed by atoms with Gasteiger partial charge < -0.3 is 9.55 Å². The highest BCUT2D eigenvalue weighted by molar-refractivity contribution is 6.36. The third kappa shape index (κ3) is 2.83. The molecule has 0 saturated carbocycles. The average molecular weight is 533 g/mol. The Labute approximate surface area is 241 Å². The Morgan fingerprint density at radius 2 is 1.05 bits per heavy atom. The Kier molecular flexibility index (Phi) is 4.21. The summed E-state index contributed by atoms with van der Waals surface area (Å²) in [6.45, 7) is 0. The van der Waals surface area contributed by atoms with Crippen molar-refractivity contribution in [1.29, 1.82) is 0 Å². The fourth-order valence-electron chi connectivity index (χ4n) is 7.44. The van der Waals surface area contributed by atoms with Crippen LogP contribution in [0.4, 0.5) is 0 Å². The molecule has 0 aliphatic carbocycles. The van der Waals surface area contributed by atoms with Crippen molar-refractivity contribution in [2.24, 2.45) is 0 Å². The normalized spacial score (nSPS) is 12.3. The van der Waals surface area contributed by atoms with Crippen LogP contribution in [-0.2, 0) is 0 Å². The largest absolute Gasteiger partial charge is 0.354 e. The number of rotatable bonds is 1. The van der Waals surface area contributed by atoms with E-state index >= 15 is 0 Å². The Hall–Kier alpha value is -5.60. The lowest BCUT2D eigenvalue weighted by Crippen LogP contribution is -1.94. The van der Waals surface area contributed by atoms with Gasteiger partial charge in [0.05, 0.1) is 11.0 Å². The van der Waals surface area contributed by atoms with Gasteiger partial charge >= 0.3 is 0 Å². The fraction of sp³-hybridized carbons (Fsp3) is 0. The van der Waals surface area contributed by atoms with Crippen LogP contribution in [0.1, 0.15) is 0 Å². The van der Waals surface area contributed by atoms with Crippen LogP contribution in [0.2, 0.25) is 0 Å². The Morgan fingerprint density at radius 3 is 1.95 bits per heavy atom. The Bertz CT molecular complexity index is 2740. The second kappa shape index (κ2) is 7.99. The van der Waals surface area contributed by atoms with E-state index in [1.165, 1.54) is 92.4 Å². The van der Waals surface area contributed by atoms with Crippen molar-refractivity contribution < 1.29 is 0 Å². The molecule has 0 aliphatic heterocycles. The zero-order chi connectivity index (χ0) is 27.4. The number of nitrogens with zero attached hydrogens (tertiary/aromatic N) is 1. The second-order valence-electron chi connectivity index (χ2n) is 11.4. The SMILES string of the molecule is c1ccc2cc(-n3c4ccccc4c4cc5c(cc43)c3ccccc3c3c5ccc4[nH]c5ccccc5c43)ccc2c1. The molecule has 1 N–H and O–H groups in total. The van der Waals surface area contributed by atoms with Crippen molar-refractivity contribution in [2.45, 2.75) is 0 Å². The molecule has 0 saturated heterocycles. The number of H-pyrrole nitrogens is 1. The highest BCUT2D eigenvalue weighted by Crippen LogP contribution is 2.44. The molecule has 0 spiro atoms. The molecule has 2 aromatic heterocycles. The third-order valence-corrected chi connectivity index (χ3v) is 9.25. The van der Waals surface area contributed by atoms with Gasteiger partial charge in [0.25, 0.3) is 0 Å². The van der Waals surface area contributed by atoms with E-state index in [0.29, 0.717) is 0 Å². The van der Waals surface area contributed by atoms with Gasteiger partial charge in [0.2, 0.25) is 0 Å².